The van der Waals surface area contributed by atoms with Crippen molar-refractivity contribution >= 4 is 17.5 Å². The molecule has 0 bridgehead atoms. The summed E-state index contributed by atoms with van der Waals surface area (Å²) in [6, 6.07) is 8.31. The molecule has 8 nitrogen and oxygen atoms in total. The van der Waals surface area contributed by atoms with Gasteiger partial charge in [0.1, 0.15) is 11.6 Å². The third kappa shape index (κ3) is 5.67. The van der Waals surface area contributed by atoms with Crippen molar-refractivity contribution in [2.24, 2.45) is 5.73 Å². The number of nitrogens with two attached hydrogens (primary N) is 1. The number of benzene rings is 2. The van der Waals surface area contributed by atoms with E-state index < -0.39 is 24.1 Å². The number of nitrogen functional groups attached to an aromatic ring is 1. The van der Waals surface area contributed by atoms with Gasteiger partial charge in [-0.05, 0) is 50.6 Å². The van der Waals surface area contributed by atoms with E-state index in [9.17, 15) is 4.79 Å². The van der Waals surface area contributed by atoms with Gasteiger partial charge in [-0.1, -0.05) is 0 Å². The predicted octanol–water partition coefficient (Wildman–Crippen LogP) is 3.74. The van der Waals surface area contributed by atoms with Crippen molar-refractivity contribution in [1.82, 2.24) is 0 Å². The number of hydrogen-bond donors (Lipinski definition) is 3. The molecule has 3 rings (SSSR count). The van der Waals surface area contributed by atoms with Crippen LogP contribution in [0.2, 0.25) is 0 Å². The predicted molar refractivity (Wildman–Crippen MR) is 118 cm³/mol. The number of hydrogen-bond acceptors (Lipinski definition) is 7. The van der Waals surface area contributed by atoms with Crippen LogP contribution in [-0.4, -0.2) is 37.9 Å². The highest BCUT2D eigenvalue weighted by atomic mass is 19.1. The molecule has 1 heterocycles. The molecule has 1 unspecified atom stereocenters. The van der Waals surface area contributed by atoms with E-state index in [0.29, 0.717) is 36.6 Å². The minimum atomic E-state index is -1.16. The first-order valence-electron chi connectivity index (χ1n) is 10.5. The molecule has 1 aliphatic rings. The maximum Gasteiger partial charge on any atom is 0.333 e. The highest BCUT2D eigenvalue weighted by Gasteiger charge is 2.29. The Morgan fingerprint density at radius 3 is 2.62 bits per heavy atom. The highest BCUT2D eigenvalue weighted by molar-refractivity contribution is 5.95. The molecule has 172 valence electrons. The standard InChI is InChI=1S/C23H28FN3O5/c1-3-29-16-12-17(20(24)18(13-16)32-19-6-5-11-31-19)21(23(28)30-4-2)27-15-9-7-14(8-10-15)22(25)26/h7-10,12-13,19,21,27H,3-6,11H2,1-2H3,(H3,25,26)/t19?,21-/m1/s1. The fraction of sp³-hybridized carbons (Fsp3) is 0.391. The van der Waals surface area contributed by atoms with Gasteiger partial charge in [-0.2, -0.15) is 0 Å². The summed E-state index contributed by atoms with van der Waals surface area (Å²) in [5.41, 5.74) is 6.57. The molecule has 2 aromatic rings. The number of esters is 1. The summed E-state index contributed by atoms with van der Waals surface area (Å²) in [5.74, 6) is -1.13. The van der Waals surface area contributed by atoms with E-state index in [1.54, 1.807) is 38.1 Å². The summed E-state index contributed by atoms with van der Waals surface area (Å²) in [4.78, 5) is 12.8. The van der Waals surface area contributed by atoms with Crippen LogP contribution in [0.15, 0.2) is 36.4 Å². The van der Waals surface area contributed by atoms with Crippen LogP contribution in [0.4, 0.5) is 10.1 Å². The summed E-state index contributed by atoms with van der Waals surface area (Å²) in [7, 11) is 0. The number of carbonyl (C=O) groups is 1. The Bertz CT molecular complexity index is 945. The fourth-order valence-electron chi connectivity index (χ4n) is 3.32. The Labute approximate surface area is 186 Å². The molecule has 2 atom stereocenters. The summed E-state index contributed by atoms with van der Waals surface area (Å²) in [6.45, 7) is 4.52. The lowest BCUT2D eigenvalue weighted by Crippen LogP contribution is -2.25. The van der Waals surface area contributed by atoms with E-state index in [4.69, 9.17) is 30.1 Å². The van der Waals surface area contributed by atoms with Gasteiger partial charge in [0.15, 0.2) is 23.9 Å². The summed E-state index contributed by atoms with van der Waals surface area (Å²) >= 11 is 0. The van der Waals surface area contributed by atoms with Crippen LogP contribution >= 0.6 is 0 Å². The molecule has 2 aromatic carbocycles. The van der Waals surface area contributed by atoms with E-state index in [-0.39, 0.29) is 23.8 Å². The second-order valence-electron chi connectivity index (χ2n) is 7.14. The molecular weight excluding hydrogens is 417 g/mol. The van der Waals surface area contributed by atoms with E-state index in [1.807, 2.05) is 0 Å². The van der Waals surface area contributed by atoms with E-state index in [0.717, 1.165) is 6.42 Å². The lowest BCUT2D eigenvalue weighted by atomic mass is 10.0. The van der Waals surface area contributed by atoms with Crippen molar-refractivity contribution in [1.29, 1.82) is 5.41 Å². The smallest absolute Gasteiger partial charge is 0.333 e. The number of amidine groups is 1. The number of rotatable bonds is 10. The second-order valence-corrected chi connectivity index (χ2v) is 7.14. The van der Waals surface area contributed by atoms with Gasteiger partial charge in [-0.25, -0.2) is 9.18 Å². The molecule has 1 fully saturated rings. The first kappa shape index (κ1) is 23.3. The Morgan fingerprint density at radius 2 is 2.03 bits per heavy atom. The van der Waals surface area contributed by atoms with E-state index in [2.05, 4.69) is 5.32 Å². The molecule has 0 spiro atoms. The van der Waals surface area contributed by atoms with Gasteiger partial charge in [-0.3, -0.25) is 5.41 Å². The molecule has 32 heavy (non-hydrogen) atoms. The van der Waals surface area contributed by atoms with Gasteiger partial charge >= 0.3 is 5.97 Å². The zero-order chi connectivity index (χ0) is 23.1. The number of halogens is 1. The zero-order valence-electron chi connectivity index (χ0n) is 18.2. The average molecular weight is 445 g/mol. The SMILES string of the molecule is CCOC(=O)[C@H](Nc1ccc(C(=N)N)cc1)c1cc(OCC)cc(OC2CCCO2)c1F. The Balaban J connectivity index is 1.98. The van der Waals surface area contributed by atoms with Gasteiger partial charge in [0.05, 0.1) is 19.8 Å². The molecule has 0 amide bonds. The third-order valence-corrected chi connectivity index (χ3v) is 4.84. The van der Waals surface area contributed by atoms with E-state index >= 15 is 4.39 Å². The molecule has 1 saturated heterocycles. The van der Waals surface area contributed by atoms with Gasteiger partial charge in [0.25, 0.3) is 0 Å². The third-order valence-electron chi connectivity index (χ3n) is 4.84. The van der Waals surface area contributed by atoms with Crippen molar-refractivity contribution in [3.8, 4) is 11.5 Å². The molecule has 9 heteroatoms. The van der Waals surface area contributed by atoms with Gasteiger partial charge in [0, 0.05) is 29.3 Å². The minimum Gasteiger partial charge on any atom is -0.494 e. The highest BCUT2D eigenvalue weighted by Crippen LogP contribution is 2.35. The van der Waals surface area contributed by atoms with Crippen molar-refractivity contribution in [2.45, 2.75) is 39.0 Å². The molecule has 1 aliphatic heterocycles. The number of anilines is 1. The number of ether oxygens (including phenoxy) is 4. The summed E-state index contributed by atoms with van der Waals surface area (Å²) < 4.78 is 37.5. The Kier molecular flexibility index (Phi) is 7.88. The maximum atomic E-state index is 15.5. The van der Waals surface area contributed by atoms with Crippen LogP contribution in [0, 0.1) is 11.2 Å². The van der Waals surface area contributed by atoms with Gasteiger partial charge in [-0.15, -0.1) is 0 Å². The quantitative estimate of drug-likeness (QED) is 0.290. The van der Waals surface area contributed by atoms with Crippen LogP contribution in [0.3, 0.4) is 0 Å². The number of carbonyl (C=O) groups excluding carboxylic acids is 1. The van der Waals surface area contributed by atoms with Crippen molar-refractivity contribution < 1.29 is 28.1 Å². The van der Waals surface area contributed by atoms with E-state index in [1.165, 1.54) is 12.1 Å². The Morgan fingerprint density at radius 1 is 1.28 bits per heavy atom. The lowest BCUT2D eigenvalue weighted by molar-refractivity contribution is -0.144. The maximum absolute atomic E-state index is 15.5. The van der Waals surface area contributed by atoms with Crippen molar-refractivity contribution in [2.75, 3.05) is 25.1 Å². The topological polar surface area (TPSA) is 116 Å². The van der Waals surface area contributed by atoms with Crippen LogP contribution in [0.25, 0.3) is 0 Å². The molecule has 0 saturated carbocycles. The monoisotopic (exact) mass is 445 g/mol. The summed E-state index contributed by atoms with van der Waals surface area (Å²) in [5, 5.41) is 10.5. The molecular formula is C23H28FN3O5. The van der Waals surface area contributed by atoms with Crippen LogP contribution < -0.4 is 20.5 Å². The number of nitrogens with one attached hydrogen (secondary N) is 2. The normalized spacial score (nSPS) is 16.3. The van der Waals surface area contributed by atoms with Gasteiger partial charge < -0.3 is 30.0 Å². The van der Waals surface area contributed by atoms with Crippen LogP contribution in [0.1, 0.15) is 43.9 Å². The largest absolute Gasteiger partial charge is 0.494 e. The molecule has 0 aliphatic carbocycles. The first-order chi connectivity index (χ1) is 15.4. The molecule has 0 radical (unpaired) electrons. The average Bonchev–Trinajstić information content (AvgIpc) is 3.28. The molecule has 4 N–H and O–H groups in total. The lowest BCUT2D eigenvalue weighted by Gasteiger charge is -2.22. The second kappa shape index (κ2) is 10.8. The van der Waals surface area contributed by atoms with Gasteiger partial charge in [0.2, 0.25) is 0 Å². The first-order valence-corrected chi connectivity index (χ1v) is 10.5. The zero-order valence-corrected chi connectivity index (χ0v) is 18.2. The fourth-order valence-corrected chi connectivity index (χ4v) is 3.32. The Hall–Kier alpha value is -3.33. The summed E-state index contributed by atoms with van der Waals surface area (Å²) in [6.07, 6.45) is 0.922. The van der Waals surface area contributed by atoms with Crippen molar-refractivity contribution in [3.05, 3.63) is 53.3 Å². The van der Waals surface area contributed by atoms with Crippen LogP contribution in [-0.2, 0) is 14.3 Å². The van der Waals surface area contributed by atoms with Crippen LogP contribution in [0.5, 0.6) is 11.5 Å². The van der Waals surface area contributed by atoms with Crippen molar-refractivity contribution in [3.63, 3.8) is 0 Å². The molecule has 0 aromatic heterocycles. The minimum absolute atomic E-state index is 0.0260.